The van der Waals surface area contributed by atoms with Gasteiger partial charge in [0, 0.05) is 0 Å². The number of methoxy groups -OCH3 is 1. The molecule has 0 aliphatic heterocycles. The first-order valence-electron chi connectivity index (χ1n) is 5.40. The van der Waals surface area contributed by atoms with E-state index in [9.17, 15) is 22.4 Å². The number of hydrogen-bond donors (Lipinski definition) is 1. The highest BCUT2D eigenvalue weighted by atomic mass is 19.3. The van der Waals surface area contributed by atoms with Gasteiger partial charge in [-0.05, 0) is 24.6 Å². The highest BCUT2D eigenvalue weighted by Crippen LogP contribution is 2.25. The number of carbonyl (C=O) groups is 1. The Balaban J connectivity index is 2.73. The van der Waals surface area contributed by atoms with Crippen molar-refractivity contribution in [3.8, 4) is 5.75 Å². The third kappa shape index (κ3) is 3.59. The average Bonchev–Trinajstić information content (AvgIpc) is 2.38. The van der Waals surface area contributed by atoms with Crippen LogP contribution in [0.15, 0.2) is 24.3 Å². The maximum absolute atomic E-state index is 12.8. The molecular weight excluding hydrogens is 266 g/mol. The van der Waals surface area contributed by atoms with Crippen molar-refractivity contribution >= 4 is 5.91 Å². The summed E-state index contributed by atoms with van der Waals surface area (Å²) in [5.74, 6) is -6.13. The first-order valence-corrected chi connectivity index (χ1v) is 5.40. The number of nitrogens with one attached hydrogen (secondary N) is 1. The van der Waals surface area contributed by atoms with E-state index in [1.807, 2.05) is 5.32 Å². The Morgan fingerprint density at radius 3 is 2.21 bits per heavy atom. The van der Waals surface area contributed by atoms with Crippen LogP contribution in [0.4, 0.5) is 17.6 Å². The van der Waals surface area contributed by atoms with E-state index in [2.05, 4.69) is 0 Å². The summed E-state index contributed by atoms with van der Waals surface area (Å²) in [4.78, 5) is 11.0. The third-order valence-corrected chi connectivity index (χ3v) is 2.54. The van der Waals surface area contributed by atoms with Crippen LogP contribution in [-0.2, 0) is 4.79 Å². The lowest BCUT2D eigenvalue weighted by molar-refractivity contribution is -0.170. The van der Waals surface area contributed by atoms with E-state index in [1.54, 1.807) is 24.3 Å². The number of amides is 1. The van der Waals surface area contributed by atoms with Gasteiger partial charge in [-0.2, -0.15) is 8.78 Å². The lowest BCUT2D eigenvalue weighted by Gasteiger charge is -2.19. The van der Waals surface area contributed by atoms with Crippen molar-refractivity contribution in [2.75, 3.05) is 7.11 Å². The highest BCUT2D eigenvalue weighted by Gasteiger charge is 2.49. The molecule has 0 fully saturated rings. The highest BCUT2D eigenvalue weighted by molar-refractivity contribution is 5.84. The predicted molar refractivity (Wildman–Crippen MR) is 60.5 cm³/mol. The number of carbonyl (C=O) groups excluding carboxylic acids is 1. The van der Waals surface area contributed by atoms with E-state index in [1.165, 1.54) is 14.0 Å². The van der Waals surface area contributed by atoms with Crippen molar-refractivity contribution in [3.05, 3.63) is 29.8 Å². The molecule has 0 aromatic heterocycles. The van der Waals surface area contributed by atoms with Gasteiger partial charge >= 0.3 is 12.3 Å². The van der Waals surface area contributed by atoms with E-state index in [0.717, 1.165) is 0 Å². The zero-order chi connectivity index (χ0) is 14.6. The van der Waals surface area contributed by atoms with Crippen LogP contribution < -0.4 is 10.1 Å². The molecule has 1 N–H and O–H groups in total. The fourth-order valence-corrected chi connectivity index (χ4v) is 1.37. The van der Waals surface area contributed by atoms with Crippen molar-refractivity contribution in [1.29, 1.82) is 0 Å². The summed E-state index contributed by atoms with van der Waals surface area (Å²) in [5.41, 5.74) is 0.499. The minimum absolute atomic E-state index is 0.499. The number of alkyl halides is 4. The molecule has 0 aliphatic carbocycles. The zero-order valence-electron chi connectivity index (χ0n) is 10.3. The van der Waals surface area contributed by atoms with Crippen LogP contribution in [0.3, 0.4) is 0 Å². The number of rotatable bonds is 5. The SMILES string of the molecule is COc1ccc([C@H](C)NC(=O)C(F)(F)C(F)F)cc1. The number of benzene rings is 1. The Labute approximate surface area is 107 Å². The third-order valence-electron chi connectivity index (χ3n) is 2.54. The van der Waals surface area contributed by atoms with Crippen LogP contribution in [0.1, 0.15) is 18.5 Å². The second-order valence-electron chi connectivity index (χ2n) is 3.89. The summed E-state index contributed by atoms with van der Waals surface area (Å²) in [7, 11) is 1.46. The molecule has 1 amide bonds. The van der Waals surface area contributed by atoms with E-state index < -0.39 is 24.3 Å². The topological polar surface area (TPSA) is 38.3 Å². The van der Waals surface area contributed by atoms with Crippen LogP contribution in [0.2, 0.25) is 0 Å². The zero-order valence-corrected chi connectivity index (χ0v) is 10.3. The van der Waals surface area contributed by atoms with Gasteiger partial charge in [0.05, 0.1) is 13.2 Å². The molecule has 7 heteroatoms. The second kappa shape index (κ2) is 5.90. The molecule has 0 spiro atoms. The predicted octanol–water partition coefficient (Wildman–Crippen LogP) is 2.77. The molecule has 0 radical (unpaired) electrons. The number of halogens is 4. The number of ether oxygens (including phenoxy) is 1. The summed E-state index contributed by atoms with van der Waals surface area (Å²) in [5, 5.41) is 1.85. The molecule has 1 atom stereocenters. The van der Waals surface area contributed by atoms with Crippen LogP contribution in [0, 0.1) is 0 Å². The monoisotopic (exact) mass is 279 g/mol. The molecule has 3 nitrogen and oxygen atoms in total. The van der Waals surface area contributed by atoms with Crippen LogP contribution in [-0.4, -0.2) is 25.4 Å². The quantitative estimate of drug-likeness (QED) is 0.842. The van der Waals surface area contributed by atoms with Gasteiger partial charge in [0.2, 0.25) is 0 Å². The Kier molecular flexibility index (Phi) is 4.74. The van der Waals surface area contributed by atoms with Crippen LogP contribution in [0.25, 0.3) is 0 Å². The van der Waals surface area contributed by atoms with Gasteiger partial charge in [0.1, 0.15) is 5.75 Å². The average molecular weight is 279 g/mol. The molecule has 1 aromatic carbocycles. The molecule has 0 bridgehead atoms. The molecule has 0 saturated carbocycles. The first kappa shape index (κ1) is 15.3. The van der Waals surface area contributed by atoms with Crippen molar-refractivity contribution in [1.82, 2.24) is 5.32 Å². The smallest absolute Gasteiger partial charge is 0.383 e. The molecule has 1 aromatic rings. The summed E-state index contributed by atoms with van der Waals surface area (Å²) < 4.78 is 54.4. The van der Waals surface area contributed by atoms with Crippen molar-refractivity contribution in [2.45, 2.75) is 25.3 Å². The van der Waals surface area contributed by atoms with Crippen molar-refractivity contribution in [3.63, 3.8) is 0 Å². The molecular formula is C12H13F4NO2. The normalized spacial score (nSPS) is 13.2. The van der Waals surface area contributed by atoms with E-state index in [4.69, 9.17) is 4.74 Å². The summed E-state index contributed by atoms with van der Waals surface area (Å²) in [6.45, 7) is 1.42. The van der Waals surface area contributed by atoms with Gasteiger partial charge in [-0.15, -0.1) is 0 Å². The molecule has 0 unspecified atom stereocenters. The van der Waals surface area contributed by atoms with Gasteiger partial charge in [0.25, 0.3) is 5.91 Å². The maximum Gasteiger partial charge on any atom is 0.383 e. The molecule has 0 heterocycles. The van der Waals surface area contributed by atoms with Crippen molar-refractivity contribution in [2.24, 2.45) is 0 Å². The van der Waals surface area contributed by atoms with Gasteiger partial charge in [-0.1, -0.05) is 12.1 Å². The summed E-state index contributed by atoms with van der Waals surface area (Å²) in [6, 6.07) is 5.42. The van der Waals surface area contributed by atoms with E-state index >= 15 is 0 Å². The number of hydrogen-bond acceptors (Lipinski definition) is 2. The molecule has 1 rings (SSSR count). The Hall–Kier alpha value is -1.79. The largest absolute Gasteiger partial charge is 0.497 e. The van der Waals surface area contributed by atoms with E-state index in [-0.39, 0.29) is 0 Å². The minimum atomic E-state index is -4.69. The fraction of sp³-hybridized carbons (Fsp3) is 0.417. The first-order chi connectivity index (χ1) is 8.78. The van der Waals surface area contributed by atoms with E-state index in [0.29, 0.717) is 11.3 Å². The van der Waals surface area contributed by atoms with Gasteiger partial charge in [-0.3, -0.25) is 4.79 Å². The fourth-order valence-electron chi connectivity index (χ4n) is 1.37. The van der Waals surface area contributed by atoms with Gasteiger partial charge in [0.15, 0.2) is 0 Å². The van der Waals surface area contributed by atoms with Crippen molar-refractivity contribution < 1.29 is 27.1 Å². The lowest BCUT2D eigenvalue weighted by atomic mass is 10.1. The van der Waals surface area contributed by atoms with Gasteiger partial charge in [-0.25, -0.2) is 8.78 Å². The summed E-state index contributed by atoms with van der Waals surface area (Å²) >= 11 is 0. The van der Waals surface area contributed by atoms with Crippen LogP contribution >= 0.6 is 0 Å². The second-order valence-corrected chi connectivity index (χ2v) is 3.89. The Morgan fingerprint density at radius 2 is 1.79 bits per heavy atom. The molecule has 0 saturated heterocycles. The molecule has 106 valence electrons. The molecule has 0 aliphatic rings. The Morgan fingerprint density at radius 1 is 1.26 bits per heavy atom. The lowest BCUT2D eigenvalue weighted by Crippen LogP contribution is -2.45. The standard InChI is InChI=1S/C12H13F4NO2/c1-7(8-3-5-9(19-2)6-4-8)17-11(18)12(15,16)10(13)14/h3-7,10H,1-2H3,(H,17,18)/t7-/m0/s1. The Bertz CT molecular complexity index is 434. The molecule has 19 heavy (non-hydrogen) atoms. The summed E-state index contributed by atoms with van der Waals surface area (Å²) in [6.07, 6.45) is -4.03. The van der Waals surface area contributed by atoms with Gasteiger partial charge < -0.3 is 10.1 Å². The van der Waals surface area contributed by atoms with Crippen LogP contribution in [0.5, 0.6) is 5.75 Å². The maximum atomic E-state index is 12.8. The minimum Gasteiger partial charge on any atom is -0.497 e.